The molecule has 0 bridgehead atoms. The molecule has 15 heavy (non-hydrogen) atoms. The van der Waals surface area contributed by atoms with Crippen LogP contribution in [0.15, 0.2) is 12.1 Å². The maximum absolute atomic E-state index is 13.0. The first-order valence-electron chi connectivity index (χ1n) is 3.66. The third-order valence-corrected chi connectivity index (χ3v) is 1.89. The summed E-state index contributed by atoms with van der Waals surface area (Å²) in [5, 5.41) is 1.89. The topological polar surface area (TPSA) is 29.1 Å². The summed E-state index contributed by atoms with van der Waals surface area (Å²) in [5.74, 6) is -5.45. The number of amides is 1. The van der Waals surface area contributed by atoms with Gasteiger partial charge in [0.1, 0.15) is 0 Å². The van der Waals surface area contributed by atoms with Crippen molar-refractivity contribution in [1.29, 1.82) is 0 Å². The highest BCUT2D eigenvalue weighted by Gasteiger charge is 2.17. The van der Waals surface area contributed by atoms with Crippen LogP contribution >= 0.6 is 23.2 Å². The fourth-order valence-corrected chi connectivity index (χ4v) is 0.919. The van der Waals surface area contributed by atoms with Gasteiger partial charge in [-0.2, -0.15) is 0 Å². The van der Waals surface area contributed by atoms with Gasteiger partial charge in [-0.3, -0.25) is 4.79 Å². The fourth-order valence-electron chi connectivity index (χ4n) is 0.810. The van der Waals surface area contributed by atoms with Crippen molar-refractivity contribution in [2.45, 2.75) is 4.84 Å². The summed E-state index contributed by atoms with van der Waals surface area (Å²) in [5.41, 5.74) is -0.523. The molecule has 0 aliphatic heterocycles. The average Bonchev–Trinajstić information content (AvgIpc) is 2.18. The van der Waals surface area contributed by atoms with Crippen molar-refractivity contribution in [2.24, 2.45) is 0 Å². The lowest BCUT2D eigenvalue weighted by molar-refractivity contribution is -0.114. The number of anilines is 1. The molecule has 0 saturated carbocycles. The summed E-state index contributed by atoms with van der Waals surface area (Å²) in [7, 11) is 0. The van der Waals surface area contributed by atoms with Gasteiger partial charge in [0.05, 0.1) is 5.69 Å². The maximum Gasteiger partial charge on any atom is 0.257 e. The molecule has 0 saturated heterocycles. The number of halogens is 5. The van der Waals surface area contributed by atoms with Crippen molar-refractivity contribution in [3.05, 3.63) is 29.6 Å². The van der Waals surface area contributed by atoms with E-state index in [0.29, 0.717) is 6.07 Å². The van der Waals surface area contributed by atoms with Gasteiger partial charge in [-0.05, 0) is 12.1 Å². The first-order chi connectivity index (χ1) is 6.93. The van der Waals surface area contributed by atoms with E-state index in [1.807, 2.05) is 5.32 Å². The first kappa shape index (κ1) is 12.1. The number of carbonyl (C=O) groups is 1. The van der Waals surface area contributed by atoms with Crippen LogP contribution in [-0.4, -0.2) is 10.7 Å². The largest absolute Gasteiger partial charge is 0.321 e. The Balaban J connectivity index is 2.97. The van der Waals surface area contributed by atoms with Crippen molar-refractivity contribution in [2.75, 3.05) is 5.32 Å². The molecular formula is C8H4Cl2F3NO. The quantitative estimate of drug-likeness (QED) is 0.641. The molecule has 0 aromatic heterocycles. The molecule has 82 valence electrons. The summed E-state index contributed by atoms with van der Waals surface area (Å²) < 4.78 is 38.1. The van der Waals surface area contributed by atoms with Crippen LogP contribution in [0.1, 0.15) is 0 Å². The van der Waals surface area contributed by atoms with Gasteiger partial charge >= 0.3 is 0 Å². The number of nitrogens with one attached hydrogen (secondary N) is 1. The highest BCUT2D eigenvalue weighted by molar-refractivity contribution is 6.54. The number of rotatable bonds is 2. The standard InChI is InChI=1S/C8H4Cl2F3NO/c9-7(10)8(15)14-4-2-1-3(11)5(12)6(4)13/h1-2,7H,(H,14,15). The molecule has 1 aromatic carbocycles. The summed E-state index contributed by atoms with van der Waals surface area (Å²) in [6.45, 7) is 0. The monoisotopic (exact) mass is 257 g/mol. The number of hydrogen-bond acceptors (Lipinski definition) is 1. The highest BCUT2D eigenvalue weighted by atomic mass is 35.5. The van der Waals surface area contributed by atoms with E-state index in [1.165, 1.54) is 0 Å². The molecular weight excluding hydrogens is 254 g/mol. The van der Waals surface area contributed by atoms with E-state index in [2.05, 4.69) is 0 Å². The lowest BCUT2D eigenvalue weighted by atomic mass is 10.3. The molecule has 0 spiro atoms. The summed E-state index contributed by atoms with van der Waals surface area (Å²) in [6.07, 6.45) is 0. The molecule has 0 aliphatic rings. The van der Waals surface area contributed by atoms with Crippen LogP contribution in [0, 0.1) is 17.5 Å². The van der Waals surface area contributed by atoms with Gasteiger partial charge in [-0.25, -0.2) is 13.2 Å². The third-order valence-electron chi connectivity index (χ3n) is 1.49. The minimum atomic E-state index is -1.67. The summed E-state index contributed by atoms with van der Waals surface area (Å²) in [6, 6.07) is 1.54. The number of alkyl halides is 2. The molecule has 1 rings (SSSR count). The van der Waals surface area contributed by atoms with Crippen LogP contribution in [-0.2, 0) is 4.79 Å². The Hall–Kier alpha value is -0.940. The minimum Gasteiger partial charge on any atom is -0.321 e. The minimum absolute atomic E-state index is 0.523. The Labute approximate surface area is 93.0 Å². The van der Waals surface area contributed by atoms with Crippen LogP contribution in [0.25, 0.3) is 0 Å². The summed E-state index contributed by atoms with van der Waals surface area (Å²) >= 11 is 10.3. The second kappa shape index (κ2) is 4.72. The molecule has 1 aromatic rings. The molecule has 2 nitrogen and oxygen atoms in total. The van der Waals surface area contributed by atoms with Gasteiger partial charge in [-0.15, -0.1) is 0 Å². The number of hydrogen-bond donors (Lipinski definition) is 1. The third kappa shape index (κ3) is 2.76. The Morgan fingerprint density at radius 2 is 1.80 bits per heavy atom. The molecule has 0 fully saturated rings. The van der Waals surface area contributed by atoms with Crippen molar-refractivity contribution in [3.8, 4) is 0 Å². The number of benzene rings is 1. The molecule has 0 aliphatic carbocycles. The lowest BCUT2D eigenvalue weighted by Crippen LogP contribution is -2.19. The van der Waals surface area contributed by atoms with E-state index in [9.17, 15) is 18.0 Å². The van der Waals surface area contributed by atoms with E-state index < -0.39 is 33.9 Å². The number of carbonyl (C=O) groups excluding carboxylic acids is 1. The molecule has 1 N–H and O–H groups in total. The Morgan fingerprint density at radius 3 is 2.33 bits per heavy atom. The second-order valence-electron chi connectivity index (χ2n) is 2.51. The summed E-state index contributed by atoms with van der Waals surface area (Å²) in [4.78, 5) is 9.48. The van der Waals surface area contributed by atoms with Gasteiger partial charge in [0, 0.05) is 0 Å². The maximum atomic E-state index is 13.0. The molecule has 0 heterocycles. The zero-order valence-corrected chi connectivity index (χ0v) is 8.54. The van der Waals surface area contributed by atoms with Gasteiger partial charge in [-0.1, -0.05) is 23.2 Å². The predicted octanol–water partition coefficient (Wildman–Crippen LogP) is 2.85. The van der Waals surface area contributed by atoms with Crippen molar-refractivity contribution < 1.29 is 18.0 Å². The van der Waals surface area contributed by atoms with E-state index >= 15 is 0 Å². The van der Waals surface area contributed by atoms with Crippen LogP contribution in [0.3, 0.4) is 0 Å². The first-order valence-corrected chi connectivity index (χ1v) is 4.53. The highest BCUT2D eigenvalue weighted by Crippen LogP contribution is 2.20. The molecule has 0 unspecified atom stereocenters. The van der Waals surface area contributed by atoms with Crippen molar-refractivity contribution in [3.63, 3.8) is 0 Å². The second-order valence-corrected chi connectivity index (χ2v) is 3.61. The van der Waals surface area contributed by atoms with E-state index in [4.69, 9.17) is 23.2 Å². The average molecular weight is 258 g/mol. The Kier molecular flexibility index (Phi) is 3.82. The van der Waals surface area contributed by atoms with Crippen LogP contribution in [0.5, 0.6) is 0 Å². The van der Waals surface area contributed by atoms with Crippen LogP contribution < -0.4 is 5.32 Å². The van der Waals surface area contributed by atoms with Crippen molar-refractivity contribution >= 4 is 34.8 Å². The van der Waals surface area contributed by atoms with Gasteiger partial charge in [0.15, 0.2) is 22.3 Å². The fraction of sp³-hybridized carbons (Fsp3) is 0.125. The van der Waals surface area contributed by atoms with Gasteiger partial charge in [0.25, 0.3) is 5.91 Å². The lowest BCUT2D eigenvalue weighted by Gasteiger charge is -2.07. The zero-order chi connectivity index (χ0) is 11.6. The van der Waals surface area contributed by atoms with Gasteiger partial charge < -0.3 is 5.32 Å². The van der Waals surface area contributed by atoms with E-state index in [-0.39, 0.29) is 0 Å². The zero-order valence-electron chi connectivity index (χ0n) is 7.03. The van der Waals surface area contributed by atoms with Gasteiger partial charge in [0.2, 0.25) is 0 Å². The normalized spacial score (nSPS) is 10.5. The molecule has 1 amide bonds. The molecule has 0 radical (unpaired) electrons. The van der Waals surface area contributed by atoms with Crippen LogP contribution in [0.2, 0.25) is 0 Å². The molecule has 7 heteroatoms. The Morgan fingerprint density at radius 1 is 1.20 bits per heavy atom. The predicted molar refractivity (Wildman–Crippen MR) is 50.4 cm³/mol. The Bertz CT molecular complexity index is 398. The smallest absolute Gasteiger partial charge is 0.257 e. The SMILES string of the molecule is O=C(Nc1ccc(F)c(F)c1F)C(Cl)Cl. The molecule has 0 atom stereocenters. The van der Waals surface area contributed by atoms with Crippen LogP contribution in [0.4, 0.5) is 18.9 Å². The van der Waals surface area contributed by atoms with Crippen molar-refractivity contribution in [1.82, 2.24) is 0 Å². The van der Waals surface area contributed by atoms with E-state index in [0.717, 1.165) is 6.07 Å². The van der Waals surface area contributed by atoms with E-state index in [1.54, 1.807) is 0 Å².